The Labute approximate surface area is 534 Å². The Bertz CT molecular complexity index is 1470. The largest absolute Gasteiger partial charge is 0.462 e. The summed E-state index contributed by atoms with van der Waals surface area (Å²) in [5, 5.41) is 0. The van der Waals surface area contributed by atoms with Gasteiger partial charge in [-0.3, -0.25) is 14.4 Å². The van der Waals surface area contributed by atoms with Crippen molar-refractivity contribution in [3.63, 3.8) is 0 Å². The highest BCUT2D eigenvalue weighted by Gasteiger charge is 2.25. The topological polar surface area (TPSA) is 199 Å². The maximum absolute atomic E-state index is 13.8. The summed E-state index contributed by atoms with van der Waals surface area (Å²) in [5.74, 6) is -1.90. The van der Waals surface area contributed by atoms with Gasteiger partial charge in [0.2, 0.25) is 0 Å². The van der Waals surface area contributed by atoms with Gasteiger partial charge in [-0.2, -0.15) is 0 Å². The molecule has 0 N–H and O–H groups in total. The van der Waals surface area contributed by atoms with E-state index in [0.29, 0.717) is 165 Å². The molecule has 0 spiro atoms. The predicted octanol–water partition coefficient (Wildman–Crippen LogP) is 12.9. The van der Waals surface area contributed by atoms with Crippen LogP contribution < -0.4 is 0 Å². The summed E-state index contributed by atoms with van der Waals surface area (Å²) < 4.78 is 88.8. The van der Waals surface area contributed by atoms with Gasteiger partial charge in [-0.1, -0.05) is 141 Å². The Hall–Kier alpha value is -2.63. The van der Waals surface area contributed by atoms with Crippen LogP contribution in [0, 0.1) is 5.92 Å². The molecule has 0 saturated heterocycles. The summed E-state index contributed by atoms with van der Waals surface area (Å²) >= 11 is 0. The van der Waals surface area contributed by atoms with Crippen molar-refractivity contribution in [3.05, 3.63) is 24.3 Å². The van der Waals surface area contributed by atoms with Crippen LogP contribution in [-0.4, -0.2) is 210 Å². The lowest BCUT2D eigenvalue weighted by Gasteiger charge is -2.21. The molecule has 520 valence electrons. The van der Waals surface area contributed by atoms with Crippen LogP contribution in [0.1, 0.15) is 206 Å². The van der Waals surface area contributed by atoms with E-state index in [4.69, 9.17) is 75.8 Å². The number of rotatable bonds is 75. The van der Waals surface area contributed by atoms with Crippen LogP contribution >= 0.6 is 0 Å². The highest BCUT2D eigenvalue weighted by Crippen LogP contribution is 2.15. The standard InChI is InChI=1S/C69H130O19/c1-5-7-9-11-13-15-17-19-21-23-25-27-29-31-33-37-67(70)86-63-66(88-68(71)38-34-32-30-28-26-24-22-20-18-16-14-12-10-8-6-2)64-87-69(72)65(36-35-39-75-44-45-78-50-51-81-54-52-79-48-46-76-42-40-73-3)62-85-61-60-84-59-58-83-57-56-82-55-53-80-49-47-77-43-41-74-4/h19-22,65-66H,5-18,23-64H2,1-4H3/b21-19+,22-20+. The second kappa shape index (κ2) is 75.1. The average Bonchev–Trinajstić information content (AvgIpc) is 3.60. The third-order valence-electron chi connectivity index (χ3n) is 14.1. The second-order valence-electron chi connectivity index (χ2n) is 22.1. The minimum atomic E-state index is -0.948. The third kappa shape index (κ3) is 69.3. The molecule has 2 unspecified atom stereocenters. The van der Waals surface area contributed by atoms with Crippen molar-refractivity contribution >= 4 is 17.9 Å². The first-order chi connectivity index (χ1) is 43.5. The molecule has 0 saturated carbocycles. The number of carbonyl (C=O) groups excluding carboxylic acids is 3. The van der Waals surface area contributed by atoms with Crippen molar-refractivity contribution in [1.82, 2.24) is 0 Å². The van der Waals surface area contributed by atoms with Crippen molar-refractivity contribution in [2.45, 2.75) is 213 Å². The molecule has 0 aromatic heterocycles. The Morgan fingerprint density at radius 2 is 0.591 bits per heavy atom. The zero-order valence-corrected chi connectivity index (χ0v) is 56.3. The Balaban J connectivity index is 5.16. The van der Waals surface area contributed by atoms with Crippen molar-refractivity contribution in [2.75, 3.05) is 186 Å². The number of esters is 3. The van der Waals surface area contributed by atoms with E-state index in [0.717, 1.165) is 77.0 Å². The van der Waals surface area contributed by atoms with Crippen molar-refractivity contribution < 1.29 is 90.2 Å². The molecule has 0 aliphatic heterocycles. The Morgan fingerprint density at radius 3 is 0.955 bits per heavy atom. The monoisotopic (exact) mass is 1260 g/mol. The van der Waals surface area contributed by atoms with E-state index in [1.165, 1.54) is 83.5 Å². The first-order valence-corrected chi connectivity index (χ1v) is 34.6. The molecule has 0 aliphatic rings. The van der Waals surface area contributed by atoms with E-state index in [1.54, 1.807) is 14.2 Å². The van der Waals surface area contributed by atoms with Crippen LogP contribution in [0.15, 0.2) is 24.3 Å². The van der Waals surface area contributed by atoms with Gasteiger partial charge in [-0.25, -0.2) is 0 Å². The number of hydrogen-bond donors (Lipinski definition) is 0. The van der Waals surface area contributed by atoms with E-state index in [1.807, 2.05) is 0 Å². The summed E-state index contributed by atoms with van der Waals surface area (Å²) in [6, 6.07) is 0. The van der Waals surface area contributed by atoms with Crippen LogP contribution in [-0.2, 0) is 90.2 Å². The van der Waals surface area contributed by atoms with E-state index < -0.39 is 24.0 Å². The molecule has 0 radical (unpaired) electrons. The van der Waals surface area contributed by atoms with Crippen LogP contribution in [0.25, 0.3) is 0 Å². The number of carbonyl (C=O) groups is 3. The lowest BCUT2D eigenvalue weighted by molar-refractivity contribution is -0.169. The number of allylic oxidation sites excluding steroid dienone is 4. The maximum atomic E-state index is 13.8. The van der Waals surface area contributed by atoms with E-state index in [-0.39, 0.29) is 45.2 Å². The molecular formula is C69H130O19. The minimum Gasteiger partial charge on any atom is -0.462 e. The molecule has 0 fully saturated rings. The molecule has 88 heavy (non-hydrogen) atoms. The number of methoxy groups -OCH3 is 2. The maximum Gasteiger partial charge on any atom is 0.311 e. The van der Waals surface area contributed by atoms with Gasteiger partial charge >= 0.3 is 17.9 Å². The highest BCUT2D eigenvalue weighted by molar-refractivity contribution is 5.73. The first-order valence-electron chi connectivity index (χ1n) is 34.6. The minimum absolute atomic E-state index is 0.0851. The fourth-order valence-electron chi connectivity index (χ4n) is 8.88. The zero-order valence-electron chi connectivity index (χ0n) is 56.3. The molecule has 0 aromatic carbocycles. The highest BCUT2D eigenvalue weighted by atomic mass is 16.6. The molecular weight excluding hydrogens is 1130 g/mol. The lowest BCUT2D eigenvalue weighted by Crippen LogP contribution is -2.33. The summed E-state index contributed by atoms with van der Waals surface area (Å²) in [5.41, 5.74) is 0. The van der Waals surface area contributed by atoms with E-state index in [2.05, 4.69) is 38.2 Å². The molecule has 0 aliphatic carbocycles. The quantitative estimate of drug-likeness (QED) is 0.0241. The van der Waals surface area contributed by atoms with Gasteiger partial charge in [0.1, 0.15) is 13.2 Å². The van der Waals surface area contributed by atoms with Crippen molar-refractivity contribution in [2.24, 2.45) is 5.92 Å². The van der Waals surface area contributed by atoms with E-state index in [9.17, 15) is 14.4 Å². The SMILES string of the molecule is CCCCCCCC/C=C/CCCCCCCC(=O)OCC(COC(=O)C(CCCOCCOCCOCCOCCOCCOC)COCCOCCOCCOCCOCCOCCOC)OC(=O)CCCCCCC/C=C/CCCCCCCC. The fourth-order valence-corrected chi connectivity index (χ4v) is 8.88. The van der Waals surface area contributed by atoms with Crippen molar-refractivity contribution in [3.8, 4) is 0 Å². The molecule has 19 nitrogen and oxygen atoms in total. The van der Waals surface area contributed by atoms with Crippen LogP contribution in [0.3, 0.4) is 0 Å². The van der Waals surface area contributed by atoms with Crippen LogP contribution in [0.2, 0.25) is 0 Å². The smallest absolute Gasteiger partial charge is 0.311 e. The molecule has 0 amide bonds. The molecule has 19 heteroatoms. The van der Waals surface area contributed by atoms with Crippen molar-refractivity contribution in [1.29, 1.82) is 0 Å². The lowest BCUT2D eigenvalue weighted by atomic mass is 10.1. The number of unbranched alkanes of at least 4 members (excludes halogenated alkanes) is 22. The summed E-state index contributed by atoms with van der Waals surface area (Å²) in [6.45, 7) is 14.5. The zero-order chi connectivity index (χ0) is 63.6. The van der Waals surface area contributed by atoms with Gasteiger partial charge in [-0.05, 0) is 77.0 Å². The number of ether oxygens (including phenoxy) is 16. The third-order valence-corrected chi connectivity index (χ3v) is 14.1. The average molecular weight is 1260 g/mol. The molecule has 0 aromatic rings. The van der Waals surface area contributed by atoms with Crippen LogP contribution in [0.4, 0.5) is 0 Å². The van der Waals surface area contributed by atoms with Gasteiger partial charge in [0.05, 0.1) is 158 Å². The van der Waals surface area contributed by atoms with Gasteiger partial charge in [0.25, 0.3) is 0 Å². The molecule has 2 atom stereocenters. The normalized spacial score (nSPS) is 12.5. The van der Waals surface area contributed by atoms with Gasteiger partial charge in [0, 0.05) is 33.7 Å². The van der Waals surface area contributed by atoms with Crippen LogP contribution in [0.5, 0.6) is 0 Å². The molecule has 0 bridgehead atoms. The van der Waals surface area contributed by atoms with Gasteiger partial charge in [-0.15, -0.1) is 0 Å². The van der Waals surface area contributed by atoms with Gasteiger partial charge in [0.15, 0.2) is 6.10 Å². The Kier molecular flexibility index (Phi) is 72.8. The summed E-state index contributed by atoms with van der Waals surface area (Å²) in [6.07, 6.45) is 40.0. The summed E-state index contributed by atoms with van der Waals surface area (Å²) in [4.78, 5) is 40.0. The molecule has 0 heterocycles. The first kappa shape index (κ1) is 85.4. The predicted molar refractivity (Wildman–Crippen MR) is 346 cm³/mol. The van der Waals surface area contributed by atoms with Gasteiger partial charge < -0.3 is 75.8 Å². The summed E-state index contributed by atoms with van der Waals surface area (Å²) in [7, 11) is 3.27. The Morgan fingerprint density at radius 1 is 0.295 bits per heavy atom. The van der Waals surface area contributed by atoms with E-state index >= 15 is 0 Å². The second-order valence-corrected chi connectivity index (χ2v) is 22.1. The fraction of sp³-hybridized carbons (Fsp3) is 0.899. The molecule has 0 rings (SSSR count). The number of hydrogen-bond acceptors (Lipinski definition) is 19.